The first-order valence-electron chi connectivity index (χ1n) is 5.61. The quantitative estimate of drug-likeness (QED) is 0.807. The lowest BCUT2D eigenvalue weighted by Crippen LogP contribution is -2.24. The van der Waals surface area contributed by atoms with E-state index in [2.05, 4.69) is 15.3 Å². The first-order valence-corrected chi connectivity index (χ1v) is 5.61. The highest BCUT2D eigenvalue weighted by molar-refractivity contribution is 5.76. The molecule has 0 fully saturated rings. The second-order valence-corrected chi connectivity index (χ2v) is 4.14. The topological polar surface area (TPSA) is 88.5 Å². The predicted octanol–water partition coefficient (Wildman–Crippen LogP) is 0.202. The van der Waals surface area contributed by atoms with Crippen molar-refractivity contribution in [2.24, 2.45) is 0 Å². The van der Waals surface area contributed by atoms with Crippen molar-refractivity contribution >= 4 is 23.2 Å². The fourth-order valence-corrected chi connectivity index (χ4v) is 1.58. The molecule has 7 heteroatoms. The Bertz CT molecular complexity index is 562. The largest absolute Gasteiger partial charge is 0.382 e. The first-order chi connectivity index (χ1) is 8.58. The summed E-state index contributed by atoms with van der Waals surface area (Å²) < 4.78 is 1.79. The van der Waals surface area contributed by atoms with Crippen LogP contribution in [0.5, 0.6) is 0 Å². The lowest BCUT2D eigenvalue weighted by Gasteiger charge is -2.11. The molecule has 1 amide bonds. The van der Waals surface area contributed by atoms with Gasteiger partial charge in [0.2, 0.25) is 5.91 Å². The van der Waals surface area contributed by atoms with E-state index in [4.69, 9.17) is 5.73 Å². The second-order valence-electron chi connectivity index (χ2n) is 4.14. The maximum atomic E-state index is 11.4. The molecule has 0 aliphatic carbocycles. The van der Waals surface area contributed by atoms with Crippen molar-refractivity contribution < 1.29 is 4.79 Å². The lowest BCUT2D eigenvalue weighted by molar-refractivity contribution is -0.128. The number of nitrogens with two attached hydrogens (primary N) is 1. The molecule has 0 saturated heterocycles. The van der Waals surface area contributed by atoms with E-state index in [1.54, 1.807) is 42.0 Å². The summed E-state index contributed by atoms with van der Waals surface area (Å²) in [5, 5.41) is 3.08. The molecule has 2 heterocycles. The zero-order valence-corrected chi connectivity index (χ0v) is 10.4. The SMILES string of the molecule is CN(C)C(=O)CCNc1nc(N)cn2ccnc12. The van der Waals surface area contributed by atoms with E-state index in [9.17, 15) is 4.79 Å². The van der Waals surface area contributed by atoms with Crippen molar-refractivity contribution in [1.82, 2.24) is 19.3 Å². The van der Waals surface area contributed by atoms with Gasteiger partial charge >= 0.3 is 0 Å². The number of imidazole rings is 1. The summed E-state index contributed by atoms with van der Waals surface area (Å²) in [5.74, 6) is 1.05. The van der Waals surface area contributed by atoms with E-state index >= 15 is 0 Å². The molecular weight excluding hydrogens is 232 g/mol. The number of aromatic nitrogens is 3. The number of carbonyl (C=O) groups excluding carboxylic acids is 1. The van der Waals surface area contributed by atoms with Crippen LogP contribution in [0.3, 0.4) is 0 Å². The van der Waals surface area contributed by atoms with Gasteiger partial charge in [-0.3, -0.25) is 4.79 Å². The van der Waals surface area contributed by atoms with Crippen LogP contribution < -0.4 is 11.1 Å². The van der Waals surface area contributed by atoms with Crippen molar-refractivity contribution in [3.8, 4) is 0 Å². The van der Waals surface area contributed by atoms with Crippen LogP contribution in [0.4, 0.5) is 11.6 Å². The molecule has 0 unspecified atom stereocenters. The highest BCUT2D eigenvalue weighted by Crippen LogP contribution is 2.14. The molecule has 96 valence electrons. The summed E-state index contributed by atoms with van der Waals surface area (Å²) in [4.78, 5) is 21.3. The number of carbonyl (C=O) groups is 1. The third-order valence-electron chi connectivity index (χ3n) is 2.52. The number of hydrogen-bond acceptors (Lipinski definition) is 5. The standard InChI is InChI=1S/C11H16N6O/c1-16(2)9(18)3-4-13-10-11-14-5-6-17(11)7-8(12)15-10/h5-7H,3-4,12H2,1-2H3,(H,13,15). The summed E-state index contributed by atoms with van der Waals surface area (Å²) in [6.07, 6.45) is 5.56. The first kappa shape index (κ1) is 12.2. The van der Waals surface area contributed by atoms with Gasteiger partial charge in [-0.05, 0) is 0 Å². The van der Waals surface area contributed by atoms with Crippen molar-refractivity contribution in [1.29, 1.82) is 0 Å². The summed E-state index contributed by atoms with van der Waals surface area (Å²) in [5.41, 5.74) is 6.38. The van der Waals surface area contributed by atoms with Crippen LogP contribution in [0.1, 0.15) is 6.42 Å². The fraction of sp³-hybridized carbons (Fsp3) is 0.364. The molecule has 0 saturated carbocycles. The Morgan fingerprint density at radius 3 is 3.06 bits per heavy atom. The van der Waals surface area contributed by atoms with Gasteiger partial charge in [-0.2, -0.15) is 0 Å². The fourth-order valence-electron chi connectivity index (χ4n) is 1.58. The molecule has 0 spiro atoms. The van der Waals surface area contributed by atoms with Gasteiger partial charge in [0.1, 0.15) is 5.82 Å². The van der Waals surface area contributed by atoms with Crippen LogP contribution >= 0.6 is 0 Å². The molecule has 18 heavy (non-hydrogen) atoms. The number of amides is 1. The van der Waals surface area contributed by atoms with Crippen LogP contribution in [0, 0.1) is 0 Å². The Morgan fingerprint density at radius 2 is 2.33 bits per heavy atom. The van der Waals surface area contributed by atoms with E-state index in [1.165, 1.54) is 0 Å². The Morgan fingerprint density at radius 1 is 1.56 bits per heavy atom. The average molecular weight is 248 g/mol. The van der Waals surface area contributed by atoms with Gasteiger partial charge in [-0.15, -0.1) is 0 Å². The molecule has 7 nitrogen and oxygen atoms in total. The molecule has 0 atom stereocenters. The van der Waals surface area contributed by atoms with Gasteiger partial charge in [0.05, 0.1) is 6.20 Å². The van der Waals surface area contributed by atoms with Crippen molar-refractivity contribution in [2.45, 2.75) is 6.42 Å². The van der Waals surface area contributed by atoms with E-state index < -0.39 is 0 Å². The Kier molecular flexibility index (Phi) is 3.31. The molecule has 0 aliphatic heterocycles. The maximum Gasteiger partial charge on any atom is 0.223 e. The minimum Gasteiger partial charge on any atom is -0.382 e. The van der Waals surface area contributed by atoms with Gasteiger partial charge in [0.15, 0.2) is 11.5 Å². The zero-order chi connectivity index (χ0) is 13.1. The minimum absolute atomic E-state index is 0.0609. The number of nitrogen functional groups attached to an aromatic ring is 1. The van der Waals surface area contributed by atoms with Crippen molar-refractivity contribution in [3.63, 3.8) is 0 Å². The summed E-state index contributed by atoms with van der Waals surface area (Å²) in [6.45, 7) is 0.496. The number of hydrogen-bond donors (Lipinski definition) is 2. The number of anilines is 2. The molecule has 0 radical (unpaired) electrons. The summed E-state index contributed by atoms with van der Waals surface area (Å²) >= 11 is 0. The zero-order valence-electron chi connectivity index (χ0n) is 10.4. The van der Waals surface area contributed by atoms with Crippen molar-refractivity contribution in [2.75, 3.05) is 31.7 Å². The molecular formula is C11H16N6O. The van der Waals surface area contributed by atoms with Crippen molar-refractivity contribution in [3.05, 3.63) is 18.6 Å². The van der Waals surface area contributed by atoms with E-state index in [0.29, 0.717) is 30.2 Å². The molecule has 0 bridgehead atoms. The number of rotatable bonds is 4. The van der Waals surface area contributed by atoms with Gasteiger partial charge in [0.25, 0.3) is 0 Å². The third kappa shape index (κ3) is 2.50. The minimum atomic E-state index is 0.0609. The Labute approximate surface area is 105 Å². The van der Waals surface area contributed by atoms with Gasteiger partial charge in [-0.1, -0.05) is 0 Å². The van der Waals surface area contributed by atoms with Crippen LogP contribution in [0.25, 0.3) is 5.65 Å². The lowest BCUT2D eigenvalue weighted by atomic mass is 10.4. The molecule has 2 rings (SSSR count). The van der Waals surface area contributed by atoms with Crippen LogP contribution in [-0.4, -0.2) is 45.8 Å². The van der Waals surface area contributed by atoms with Gasteiger partial charge in [-0.25, -0.2) is 9.97 Å². The van der Waals surface area contributed by atoms with E-state index in [-0.39, 0.29) is 5.91 Å². The van der Waals surface area contributed by atoms with Crippen LogP contribution in [-0.2, 0) is 4.79 Å². The van der Waals surface area contributed by atoms with Crippen LogP contribution in [0.2, 0.25) is 0 Å². The Hall–Kier alpha value is -2.31. The summed E-state index contributed by atoms with van der Waals surface area (Å²) in [7, 11) is 3.46. The number of nitrogens with one attached hydrogen (secondary N) is 1. The highest BCUT2D eigenvalue weighted by Gasteiger charge is 2.07. The van der Waals surface area contributed by atoms with Crippen LogP contribution in [0.15, 0.2) is 18.6 Å². The van der Waals surface area contributed by atoms with E-state index in [1.807, 2.05) is 0 Å². The number of nitrogens with zero attached hydrogens (tertiary/aromatic N) is 4. The van der Waals surface area contributed by atoms with E-state index in [0.717, 1.165) is 0 Å². The predicted molar refractivity (Wildman–Crippen MR) is 69.2 cm³/mol. The second kappa shape index (κ2) is 4.91. The summed E-state index contributed by atoms with van der Waals surface area (Å²) in [6, 6.07) is 0. The molecule has 0 aliphatic rings. The molecule has 0 aromatic carbocycles. The van der Waals surface area contributed by atoms with Gasteiger partial charge in [0, 0.05) is 39.5 Å². The molecule has 3 N–H and O–H groups in total. The molecule has 2 aromatic heterocycles. The smallest absolute Gasteiger partial charge is 0.223 e. The van der Waals surface area contributed by atoms with Gasteiger partial charge < -0.3 is 20.4 Å². The Balaban J connectivity index is 2.07. The number of fused-ring (bicyclic) bond motifs is 1. The third-order valence-corrected chi connectivity index (χ3v) is 2.52. The molecule has 2 aromatic rings. The average Bonchev–Trinajstić information content (AvgIpc) is 2.76. The monoisotopic (exact) mass is 248 g/mol. The normalized spacial score (nSPS) is 10.6. The highest BCUT2D eigenvalue weighted by atomic mass is 16.2. The maximum absolute atomic E-state index is 11.4.